The van der Waals surface area contributed by atoms with Crippen LogP contribution in [0, 0.1) is 10.8 Å². The van der Waals surface area contributed by atoms with E-state index in [1.807, 2.05) is 25.7 Å². The van der Waals surface area contributed by atoms with Gasteiger partial charge in [0.05, 0.1) is 7.11 Å². The molecule has 24 heavy (non-hydrogen) atoms. The first kappa shape index (κ1) is 19.0. The molecule has 2 atom stereocenters. The Bertz CT molecular complexity index is 506. The number of hydrogen-bond acceptors (Lipinski definition) is 5. The molecule has 6 nitrogen and oxygen atoms in total. The maximum atomic E-state index is 12.8. The molecule has 2 rings (SSSR count). The fourth-order valence-electron chi connectivity index (χ4n) is 3.80. The Hall–Kier alpha value is -1.30. The van der Waals surface area contributed by atoms with E-state index in [1.54, 1.807) is 0 Å². The zero-order valence-electron chi connectivity index (χ0n) is 15.8. The van der Waals surface area contributed by atoms with E-state index in [2.05, 4.69) is 13.8 Å². The summed E-state index contributed by atoms with van der Waals surface area (Å²) in [5.41, 5.74) is 5.30. The third-order valence-corrected chi connectivity index (χ3v) is 5.26. The van der Waals surface area contributed by atoms with Crippen molar-refractivity contribution in [3.8, 4) is 0 Å². The van der Waals surface area contributed by atoms with Crippen molar-refractivity contribution in [2.24, 2.45) is 16.6 Å². The number of nitrogens with two attached hydrogens (primary N) is 1. The van der Waals surface area contributed by atoms with Gasteiger partial charge in [0.15, 0.2) is 0 Å². The monoisotopic (exact) mass is 340 g/mol. The molecule has 2 aliphatic rings. The number of carbonyl (C=O) groups excluding carboxylic acids is 2. The van der Waals surface area contributed by atoms with Gasteiger partial charge in [0.2, 0.25) is 0 Å². The van der Waals surface area contributed by atoms with Gasteiger partial charge in [-0.1, -0.05) is 13.8 Å². The van der Waals surface area contributed by atoms with Crippen LogP contribution in [0.4, 0.5) is 4.79 Å². The zero-order valence-corrected chi connectivity index (χ0v) is 15.8. The summed E-state index contributed by atoms with van der Waals surface area (Å²) in [6.07, 6.45) is 3.19. The normalized spacial score (nSPS) is 26.5. The minimum absolute atomic E-state index is 0.0266. The predicted molar refractivity (Wildman–Crippen MR) is 91.4 cm³/mol. The molecule has 2 unspecified atom stereocenters. The summed E-state index contributed by atoms with van der Waals surface area (Å²) in [6, 6.07) is -0.770. The van der Waals surface area contributed by atoms with Gasteiger partial charge < -0.3 is 20.1 Å². The maximum absolute atomic E-state index is 12.8. The van der Waals surface area contributed by atoms with Crippen LogP contribution in [0.25, 0.3) is 0 Å². The highest BCUT2D eigenvalue weighted by Gasteiger charge is 2.60. The average molecular weight is 340 g/mol. The first-order valence-corrected chi connectivity index (χ1v) is 8.75. The number of esters is 1. The predicted octanol–water partition coefficient (Wildman–Crippen LogP) is 2.69. The van der Waals surface area contributed by atoms with Crippen LogP contribution in [0.2, 0.25) is 0 Å². The molecule has 0 aromatic carbocycles. The standard InChI is InChI=1S/C18H32N2O4/c1-16(2,3)24-15(22)20-11-17(4,5)8-7-12(20)18(9-10-18)13(19)14(21)23-6/h12-13H,7-11,19H2,1-6H3. The lowest BCUT2D eigenvalue weighted by Gasteiger charge is -2.47. The Morgan fingerprint density at radius 1 is 1.21 bits per heavy atom. The van der Waals surface area contributed by atoms with E-state index in [1.165, 1.54) is 7.11 Å². The van der Waals surface area contributed by atoms with E-state index in [0.717, 1.165) is 25.7 Å². The summed E-state index contributed by atoms with van der Waals surface area (Å²) in [4.78, 5) is 26.6. The molecule has 1 heterocycles. The highest BCUT2D eigenvalue weighted by atomic mass is 16.6. The molecule has 0 aromatic heterocycles. The fraction of sp³-hybridized carbons (Fsp3) is 0.889. The van der Waals surface area contributed by atoms with Crippen LogP contribution < -0.4 is 5.73 Å². The van der Waals surface area contributed by atoms with Gasteiger partial charge in [-0.25, -0.2) is 4.79 Å². The van der Waals surface area contributed by atoms with Gasteiger partial charge in [0.25, 0.3) is 0 Å². The molecule has 0 aromatic rings. The van der Waals surface area contributed by atoms with Gasteiger partial charge in [0.1, 0.15) is 11.6 Å². The third kappa shape index (κ3) is 3.85. The van der Waals surface area contributed by atoms with Crippen molar-refractivity contribution in [3.05, 3.63) is 0 Å². The number of amides is 1. The zero-order chi connectivity index (χ0) is 18.3. The van der Waals surface area contributed by atoms with Gasteiger partial charge in [0, 0.05) is 18.0 Å². The molecule has 1 aliphatic carbocycles. The molecule has 1 aliphatic heterocycles. The summed E-state index contributed by atoms with van der Waals surface area (Å²) < 4.78 is 10.5. The van der Waals surface area contributed by atoms with Crippen LogP contribution in [0.15, 0.2) is 0 Å². The van der Waals surface area contributed by atoms with Gasteiger partial charge in [-0.15, -0.1) is 0 Å². The molecule has 1 amide bonds. The Morgan fingerprint density at radius 3 is 2.25 bits per heavy atom. The first-order chi connectivity index (χ1) is 10.9. The number of carbonyl (C=O) groups is 2. The number of ether oxygens (including phenoxy) is 2. The smallest absolute Gasteiger partial charge is 0.410 e. The first-order valence-electron chi connectivity index (χ1n) is 8.75. The van der Waals surface area contributed by atoms with Crippen LogP contribution in [0.1, 0.15) is 60.3 Å². The second-order valence-electron chi connectivity index (χ2n) is 9.06. The van der Waals surface area contributed by atoms with Crippen molar-refractivity contribution in [1.29, 1.82) is 0 Å². The molecular weight excluding hydrogens is 308 g/mol. The molecule has 0 bridgehead atoms. The third-order valence-electron chi connectivity index (χ3n) is 5.26. The maximum Gasteiger partial charge on any atom is 0.410 e. The van der Waals surface area contributed by atoms with E-state index in [4.69, 9.17) is 15.2 Å². The van der Waals surface area contributed by atoms with Gasteiger partial charge >= 0.3 is 12.1 Å². The van der Waals surface area contributed by atoms with E-state index in [-0.39, 0.29) is 23.0 Å². The Kier molecular flexibility index (Phi) is 4.92. The summed E-state index contributed by atoms with van der Waals surface area (Å²) >= 11 is 0. The summed E-state index contributed by atoms with van der Waals surface area (Å²) in [6.45, 7) is 10.5. The molecule has 0 radical (unpaired) electrons. The molecule has 0 spiro atoms. The fourth-order valence-corrected chi connectivity index (χ4v) is 3.80. The second-order valence-corrected chi connectivity index (χ2v) is 9.06. The van der Waals surface area contributed by atoms with Crippen molar-refractivity contribution in [1.82, 2.24) is 4.90 Å². The Labute approximate surface area is 145 Å². The van der Waals surface area contributed by atoms with E-state index < -0.39 is 17.6 Å². The summed E-state index contributed by atoms with van der Waals surface area (Å²) in [7, 11) is 1.36. The number of hydrogen-bond donors (Lipinski definition) is 1. The Morgan fingerprint density at radius 2 is 1.79 bits per heavy atom. The number of rotatable bonds is 3. The number of methoxy groups -OCH3 is 1. The van der Waals surface area contributed by atoms with Gasteiger partial charge in [-0.2, -0.15) is 0 Å². The van der Waals surface area contributed by atoms with Crippen LogP contribution in [0.3, 0.4) is 0 Å². The molecular formula is C18H32N2O4. The van der Waals surface area contributed by atoms with Crippen molar-refractivity contribution < 1.29 is 19.1 Å². The van der Waals surface area contributed by atoms with Crippen LogP contribution in [0.5, 0.6) is 0 Å². The topological polar surface area (TPSA) is 81.9 Å². The lowest BCUT2D eigenvalue weighted by atomic mass is 9.75. The van der Waals surface area contributed by atoms with Crippen LogP contribution in [-0.2, 0) is 14.3 Å². The number of likely N-dealkylation sites (tertiary alicyclic amines) is 1. The van der Waals surface area contributed by atoms with Gasteiger partial charge in [-0.05, 0) is 51.9 Å². The number of piperidine rings is 1. The van der Waals surface area contributed by atoms with E-state index in [0.29, 0.717) is 6.54 Å². The quantitative estimate of drug-likeness (QED) is 0.799. The molecule has 1 saturated carbocycles. The van der Waals surface area contributed by atoms with Crippen molar-refractivity contribution in [2.45, 2.75) is 78.0 Å². The summed E-state index contributed by atoms with van der Waals surface area (Å²) in [5.74, 6) is -0.401. The average Bonchev–Trinajstić information content (AvgIpc) is 3.24. The molecule has 138 valence electrons. The van der Waals surface area contributed by atoms with Crippen molar-refractivity contribution in [3.63, 3.8) is 0 Å². The van der Waals surface area contributed by atoms with E-state index >= 15 is 0 Å². The second kappa shape index (κ2) is 6.21. The molecule has 1 saturated heterocycles. The lowest BCUT2D eigenvalue weighted by molar-refractivity contribution is -0.145. The minimum Gasteiger partial charge on any atom is -0.468 e. The minimum atomic E-state index is -0.696. The highest BCUT2D eigenvalue weighted by molar-refractivity contribution is 5.78. The lowest BCUT2D eigenvalue weighted by Crippen LogP contribution is -2.59. The summed E-state index contributed by atoms with van der Waals surface area (Å²) in [5, 5.41) is 0. The number of nitrogens with zero attached hydrogens (tertiary/aromatic N) is 1. The van der Waals surface area contributed by atoms with Crippen molar-refractivity contribution >= 4 is 12.1 Å². The largest absolute Gasteiger partial charge is 0.468 e. The highest BCUT2D eigenvalue weighted by Crippen LogP contribution is 2.56. The molecule has 2 fully saturated rings. The SMILES string of the molecule is COC(=O)C(N)C1(C2CCC(C)(C)CN2C(=O)OC(C)(C)C)CC1. The molecule has 6 heteroatoms. The van der Waals surface area contributed by atoms with E-state index in [9.17, 15) is 9.59 Å². The van der Waals surface area contributed by atoms with Crippen LogP contribution in [-0.4, -0.2) is 48.3 Å². The van der Waals surface area contributed by atoms with Crippen molar-refractivity contribution in [2.75, 3.05) is 13.7 Å². The van der Waals surface area contributed by atoms with Gasteiger partial charge in [-0.3, -0.25) is 4.79 Å². The molecule has 2 N–H and O–H groups in total. The van der Waals surface area contributed by atoms with Crippen LogP contribution >= 0.6 is 0 Å². The Balaban J connectivity index is 2.26.